The number of carboxylic acid groups (broad SMARTS) is 1. The first kappa shape index (κ1) is 20.8. The number of benzene rings is 2. The van der Waals surface area contributed by atoms with Crippen molar-refractivity contribution in [3.63, 3.8) is 0 Å². The highest BCUT2D eigenvalue weighted by atomic mass is 16.5. The Balaban J connectivity index is 2.18. The number of hydrogen-bond donors (Lipinski definition) is 4. The number of urea groups is 1. The van der Waals surface area contributed by atoms with Crippen LogP contribution in [0.2, 0.25) is 0 Å². The first-order chi connectivity index (χ1) is 13.4. The fraction of sp³-hybridized carbons (Fsp3) is 0.263. The van der Waals surface area contributed by atoms with E-state index in [2.05, 4.69) is 10.6 Å². The molecular weight excluding hydrogens is 368 g/mol. The molecule has 9 nitrogen and oxygen atoms in total. The molecule has 0 aliphatic heterocycles. The van der Waals surface area contributed by atoms with Gasteiger partial charge in [0.25, 0.3) is 0 Å². The maximum absolute atomic E-state index is 12.3. The Morgan fingerprint density at radius 3 is 2.00 bits per heavy atom. The minimum Gasteiger partial charge on any atom is -0.493 e. The summed E-state index contributed by atoms with van der Waals surface area (Å²) < 4.78 is 15.6. The summed E-state index contributed by atoms with van der Waals surface area (Å²) >= 11 is 0. The van der Waals surface area contributed by atoms with E-state index in [1.165, 1.54) is 33.5 Å². The Labute approximate surface area is 161 Å². The van der Waals surface area contributed by atoms with Gasteiger partial charge in [-0.1, -0.05) is 30.3 Å². The SMILES string of the molecule is COc1cc(NC(=O)NC(C(=O)O)C(O)c2ccccc2)cc(OC)c1OC. The molecule has 0 bridgehead atoms. The first-order valence-electron chi connectivity index (χ1n) is 8.24. The second-order valence-corrected chi connectivity index (χ2v) is 5.68. The third-order valence-corrected chi connectivity index (χ3v) is 3.93. The molecule has 2 aromatic rings. The summed E-state index contributed by atoms with van der Waals surface area (Å²) in [7, 11) is 4.30. The maximum Gasteiger partial charge on any atom is 0.329 e. The third-order valence-electron chi connectivity index (χ3n) is 3.93. The van der Waals surface area contributed by atoms with Gasteiger partial charge in [0.1, 0.15) is 6.10 Å². The van der Waals surface area contributed by atoms with E-state index in [9.17, 15) is 19.8 Å². The van der Waals surface area contributed by atoms with Gasteiger partial charge in [-0.3, -0.25) is 0 Å². The van der Waals surface area contributed by atoms with Gasteiger partial charge >= 0.3 is 12.0 Å². The number of ether oxygens (including phenoxy) is 3. The van der Waals surface area contributed by atoms with Crippen molar-refractivity contribution in [1.29, 1.82) is 0 Å². The zero-order valence-electron chi connectivity index (χ0n) is 15.6. The van der Waals surface area contributed by atoms with E-state index in [0.717, 1.165) is 0 Å². The number of amides is 2. The lowest BCUT2D eigenvalue weighted by Crippen LogP contribution is -2.46. The Bertz CT molecular complexity index is 801. The van der Waals surface area contributed by atoms with Gasteiger partial charge in [0, 0.05) is 12.1 Å². The number of aliphatic hydroxyl groups excluding tert-OH is 1. The van der Waals surface area contributed by atoms with Gasteiger partial charge in [-0.05, 0) is 5.56 Å². The topological polar surface area (TPSA) is 126 Å². The lowest BCUT2D eigenvalue weighted by Gasteiger charge is -2.21. The van der Waals surface area contributed by atoms with Gasteiger partial charge in [-0.15, -0.1) is 0 Å². The number of anilines is 1. The van der Waals surface area contributed by atoms with E-state index in [1.807, 2.05) is 0 Å². The molecule has 0 saturated heterocycles. The number of aliphatic carboxylic acids is 1. The second-order valence-electron chi connectivity index (χ2n) is 5.68. The van der Waals surface area contributed by atoms with Gasteiger partial charge in [-0.2, -0.15) is 0 Å². The van der Waals surface area contributed by atoms with Gasteiger partial charge in [0.05, 0.1) is 27.0 Å². The molecule has 2 amide bonds. The van der Waals surface area contributed by atoms with Crippen LogP contribution in [0.5, 0.6) is 17.2 Å². The van der Waals surface area contributed by atoms with E-state index in [4.69, 9.17) is 14.2 Å². The Morgan fingerprint density at radius 1 is 0.964 bits per heavy atom. The van der Waals surface area contributed by atoms with Crippen molar-refractivity contribution in [2.24, 2.45) is 0 Å². The van der Waals surface area contributed by atoms with Crippen molar-refractivity contribution in [3.8, 4) is 17.2 Å². The van der Waals surface area contributed by atoms with Crippen LogP contribution >= 0.6 is 0 Å². The predicted molar refractivity (Wildman–Crippen MR) is 101 cm³/mol. The monoisotopic (exact) mass is 390 g/mol. The lowest BCUT2D eigenvalue weighted by atomic mass is 10.0. The average Bonchev–Trinajstić information content (AvgIpc) is 2.71. The normalized spacial score (nSPS) is 12.4. The van der Waals surface area contributed by atoms with Crippen LogP contribution in [0, 0.1) is 0 Å². The summed E-state index contributed by atoms with van der Waals surface area (Å²) in [5.74, 6) is -0.400. The molecule has 2 unspecified atom stereocenters. The highest BCUT2D eigenvalue weighted by Crippen LogP contribution is 2.39. The molecule has 0 aromatic heterocycles. The van der Waals surface area contributed by atoms with E-state index >= 15 is 0 Å². The Morgan fingerprint density at radius 2 is 1.54 bits per heavy atom. The van der Waals surface area contributed by atoms with Crippen molar-refractivity contribution in [1.82, 2.24) is 5.32 Å². The average molecular weight is 390 g/mol. The van der Waals surface area contributed by atoms with Gasteiger partial charge < -0.3 is 35.1 Å². The molecule has 0 heterocycles. The number of carboxylic acids is 1. The molecule has 4 N–H and O–H groups in total. The standard InChI is InChI=1S/C19H22N2O7/c1-26-13-9-12(10-14(27-2)17(13)28-3)20-19(25)21-15(18(23)24)16(22)11-7-5-4-6-8-11/h4-10,15-16,22H,1-3H3,(H,23,24)(H2,20,21,25). The summed E-state index contributed by atoms with van der Waals surface area (Å²) in [6.45, 7) is 0. The molecule has 0 saturated carbocycles. The molecule has 0 fully saturated rings. The predicted octanol–water partition coefficient (Wildman–Crippen LogP) is 2.02. The van der Waals surface area contributed by atoms with Crippen molar-refractivity contribution in [3.05, 3.63) is 48.0 Å². The molecule has 0 radical (unpaired) electrons. The largest absolute Gasteiger partial charge is 0.493 e. The van der Waals surface area contributed by atoms with Crippen molar-refractivity contribution < 1.29 is 34.0 Å². The number of carbonyl (C=O) groups is 2. The summed E-state index contributed by atoms with van der Waals surface area (Å²) in [5, 5.41) is 24.5. The highest BCUT2D eigenvalue weighted by Gasteiger charge is 2.29. The van der Waals surface area contributed by atoms with E-state index in [0.29, 0.717) is 22.8 Å². The minimum atomic E-state index is -1.55. The van der Waals surface area contributed by atoms with Crippen LogP contribution in [0.1, 0.15) is 11.7 Å². The molecule has 0 aliphatic carbocycles. The molecule has 2 atom stereocenters. The molecule has 28 heavy (non-hydrogen) atoms. The second kappa shape index (κ2) is 9.47. The van der Waals surface area contributed by atoms with E-state index in [1.54, 1.807) is 30.3 Å². The van der Waals surface area contributed by atoms with Crippen molar-refractivity contribution in [2.75, 3.05) is 26.6 Å². The summed E-state index contributed by atoms with van der Waals surface area (Å²) in [4.78, 5) is 23.8. The zero-order chi connectivity index (χ0) is 20.7. The number of nitrogens with one attached hydrogen (secondary N) is 2. The quantitative estimate of drug-likeness (QED) is 0.543. The van der Waals surface area contributed by atoms with Crippen LogP contribution in [0.25, 0.3) is 0 Å². The highest BCUT2D eigenvalue weighted by molar-refractivity contribution is 5.93. The van der Waals surface area contributed by atoms with E-state index in [-0.39, 0.29) is 5.69 Å². The van der Waals surface area contributed by atoms with Crippen LogP contribution in [-0.4, -0.2) is 49.6 Å². The minimum absolute atomic E-state index is 0.283. The van der Waals surface area contributed by atoms with Crippen molar-refractivity contribution in [2.45, 2.75) is 12.1 Å². The van der Waals surface area contributed by atoms with Crippen LogP contribution in [0.4, 0.5) is 10.5 Å². The number of hydrogen-bond acceptors (Lipinski definition) is 6. The maximum atomic E-state index is 12.3. The van der Waals surface area contributed by atoms with Crippen LogP contribution in [0.15, 0.2) is 42.5 Å². The molecule has 9 heteroatoms. The molecule has 0 aliphatic rings. The van der Waals surface area contributed by atoms with E-state index < -0.39 is 24.1 Å². The Hall–Kier alpha value is -3.46. The fourth-order valence-electron chi connectivity index (χ4n) is 2.58. The van der Waals surface area contributed by atoms with Crippen LogP contribution in [-0.2, 0) is 4.79 Å². The van der Waals surface area contributed by atoms with Crippen molar-refractivity contribution >= 4 is 17.7 Å². The van der Waals surface area contributed by atoms with Crippen LogP contribution in [0.3, 0.4) is 0 Å². The number of carbonyl (C=O) groups excluding carboxylic acids is 1. The Kier molecular flexibility index (Phi) is 7.05. The first-order valence-corrected chi connectivity index (χ1v) is 8.24. The third kappa shape index (κ3) is 4.83. The number of aliphatic hydroxyl groups is 1. The molecular formula is C19H22N2O7. The summed E-state index contributed by atoms with van der Waals surface area (Å²) in [6.07, 6.45) is -1.43. The van der Waals surface area contributed by atoms with Gasteiger partial charge in [0.2, 0.25) is 5.75 Å². The van der Waals surface area contributed by atoms with Gasteiger partial charge in [-0.25, -0.2) is 9.59 Å². The summed E-state index contributed by atoms with van der Waals surface area (Å²) in [5.41, 5.74) is 0.647. The number of rotatable bonds is 8. The molecule has 0 spiro atoms. The lowest BCUT2D eigenvalue weighted by molar-refractivity contribution is -0.142. The smallest absolute Gasteiger partial charge is 0.329 e. The zero-order valence-corrected chi connectivity index (χ0v) is 15.6. The fourth-order valence-corrected chi connectivity index (χ4v) is 2.58. The molecule has 150 valence electrons. The number of methoxy groups -OCH3 is 3. The molecule has 2 rings (SSSR count). The molecule has 2 aromatic carbocycles. The van der Waals surface area contributed by atoms with Crippen LogP contribution < -0.4 is 24.8 Å². The summed E-state index contributed by atoms with van der Waals surface area (Å²) in [6, 6.07) is 8.80. The van der Waals surface area contributed by atoms with Gasteiger partial charge in [0.15, 0.2) is 17.5 Å².